The number of hydrogen-bond donors (Lipinski definition) is 2. The topological polar surface area (TPSA) is 78.5 Å². The van der Waals surface area contributed by atoms with Crippen LogP contribution in [0.25, 0.3) is 0 Å². The summed E-state index contributed by atoms with van der Waals surface area (Å²) in [6, 6.07) is 15.6. The molecule has 10 heteroatoms. The molecule has 6 nitrogen and oxygen atoms in total. The molecule has 0 spiro atoms. The first-order valence-corrected chi connectivity index (χ1v) is 10.6. The Balaban J connectivity index is 1.48. The number of halogens is 3. The number of thiocarbonyl (C=S) groups is 1. The number of rotatable bonds is 3. The third-order valence-corrected chi connectivity index (χ3v) is 5.72. The van der Waals surface area contributed by atoms with Crippen molar-refractivity contribution in [2.45, 2.75) is 0 Å². The zero-order chi connectivity index (χ0) is 23.0. The zero-order valence-corrected chi connectivity index (χ0v) is 19.1. The van der Waals surface area contributed by atoms with Gasteiger partial charge in [-0.3, -0.25) is 19.7 Å². The van der Waals surface area contributed by atoms with Gasteiger partial charge in [-0.15, -0.1) is 0 Å². The summed E-state index contributed by atoms with van der Waals surface area (Å²) in [6.45, 7) is 0. The Labute approximate surface area is 203 Å². The first kappa shape index (κ1) is 22.2. The van der Waals surface area contributed by atoms with Gasteiger partial charge < -0.3 is 5.32 Å². The number of hydrogen-bond acceptors (Lipinski definition) is 4. The highest BCUT2D eigenvalue weighted by molar-refractivity contribution is 7.80. The Kier molecular flexibility index (Phi) is 6.17. The zero-order valence-electron chi connectivity index (χ0n) is 16.0. The molecule has 160 valence electrons. The Hall–Kier alpha value is -2.97. The van der Waals surface area contributed by atoms with Crippen molar-refractivity contribution in [1.29, 1.82) is 0 Å². The van der Waals surface area contributed by atoms with Crippen LogP contribution in [-0.4, -0.2) is 22.8 Å². The minimum atomic E-state index is -0.525. The van der Waals surface area contributed by atoms with Gasteiger partial charge in [-0.1, -0.05) is 46.9 Å². The molecule has 1 aliphatic heterocycles. The van der Waals surface area contributed by atoms with E-state index in [1.54, 1.807) is 36.4 Å². The lowest BCUT2D eigenvalue weighted by molar-refractivity contribution is 0.0923. The molecule has 0 aromatic heterocycles. The molecular formula is C22H12Cl3N3O3S. The average Bonchev–Trinajstić information content (AvgIpc) is 3.00. The van der Waals surface area contributed by atoms with Gasteiger partial charge in [0.2, 0.25) is 0 Å². The van der Waals surface area contributed by atoms with E-state index < -0.39 is 17.7 Å². The molecule has 0 saturated heterocycles. The van der Waals surface area contributed by atoms with Crippen molar-refractivity contribution < 1.29 is 14.4 Å². The van der Waals surface area contributed by atoms with E-state index in [1.807, 2.05) is 0 Å². The van der Waals surface area contributed by atoms with E-state index in [0.29, 0.717) is 27.5 Å². The van der Waals surface area contributed by atoms with Crippen molar-refractivity contribution in [3.63, 3.8) is 0 Å². The van der Waals surface area contributed by atoms with Crippen molar-refractivity contribution >= 4 is 81.2 Å². The lowest BCUT2D eigenvalue weighted by Gasteiger charge is -2.16. The Morgan fingerprint density at radius 2 is 1.50 bits per heavy atom. The third kappa shape index (κ3) is 4.20. The molecule has 0 fully saturated rings. The van der Waals surface area contributed by atoms with Crippen LogP contribution in [-0.2, 0) is 0 Å². The fraction of sp³-hybridized carbons (Fsp3) is 0. The van der Waals surface area contributed by atoms with Gasteiger partial charge in [-0.2, -0.15) is 0 Å². The molecule has 1 heterocycles. The molecule has 2 N–H and O–H groups in total. The Morgan fingerprint density at radius 3 is 2.09 bits per heavy atom. The number of benzene rings is 3. The van der Waals surface area contributed by atoms with Crippen LogP contribution in [0.1, 0.15) is 31.1 Å². The molecule has 32 heavy (non-hydrogen) atoms. The molecule has 3 aromatic rings. The number of anilines is 2. The molecule has 0 bridgehead atoms. The van der Waals surface area contributed by atoms with Gasteiger partial charge >= 0.3 is 0 Å². The maximum Gasteiger partial charge on any atom is 0.266 e. The van der Waals surface area contributed by atoms with E-state index in [4.69, 9.17) is 47.0 Å². The van der Waals surface area contributed by atoms with Crippen molar-refractivity contribution in [2.24, 2.45) is 0 Å². The maximum atomic E-state index is 12.6. The molecular weight excluding hydrogens is 493 g/mol. The molecule has 4 rings (SSSR count). The van der Waals surface area contributed by atoms with Crippen LogP contribution in [0.15, 0.2) is 60.7 Å². The van der Waals surface area contributed by atoms with Gasteiger partial charge in [0.05, 0.1) is 38.1 Å². The average molecular weight is 505 g/mol. The molecule has 0 unspecified atom stereocenters. The Morgan fingerprint density at radius 1 is 0.844 bits per heavy atom. The Bertz CT molecular complexity index is 1280. The number of carbonyl (C=O) groups is 3. The summed E-state index contributed by atoms with van der Waals surface area (Å²) < 4.78 is 0. The standard InChI is InChI=1S/C22H12Cl3N3O3S/c23-11-5-7-15(16(24)9-11)19(29)27-22(32)26-18-8-6-12(10-17(18)25)28-20(30)13-3-1-2-4-14(13)21(28)31/h1-10H,(H2,26,27,29,32). The predicted molar refractivity (Wildman–Crippen MR) is 129 cm³/mol. The van der Waals surface area contributed by atoms with Crippen LogP contribution >= 0.6 is 47.0 Å². The maximum absolute atomic E-state index is 12.6. The van der Waals surface area contributed by atoms with Crippen LogP contribution in [0.3, 0.4) is 0 Å². The van der Waals surface area contributed by atoms with Gasteiger partial charge in [-0.05, 0) is 60.7 Å². The van der Waals surface area contributed by atoms with E-state index in [-0.39, 0.29) is 20.7 Å². The van der Waals surface area contributed by atoms with Crippen LogP contribution in [0.5, 0.6) is 0 Å². The number of fused-ring (bicyclic) bond motifs is 1. The molecule has 0 radical (unpaired) electrons. The smallest absolute Gasteiger partial charge is 0.266 e. The molecule has 0 saturated carbocycles. The van der Waals surface area contributed by atoms with Crippen LogP contribution in [0.2, 0.25) is 15.1 Å². The van der Waals surface area contributed by atoms with E-state index in [1.165, 1.54) is 24.3 Å². The fourth-order valence-electron chi connectivity index (χ4n) is 3.17. The molecule has 1 aliphatic rings. The summed E-state index contributed by atoms with van der Waals surface area (Å²) in [4.78, 5) is 38.7. The van der Waals surface area contributed by atoms with Crippen LogP contribution in [0.4, 0.5) is 11.4 Å². The SMILES string of the molecule is O=C(NC(=S)Nc1ccc(N2C(=O)c3ccccc3C2=O)cc1Cl)c1ccc(Cl)cc1Cl. The second-order valence-corrected chi connectivity index (χ2v) is 8.35. The summed E-state index contributed by atoms with van der Waals surface area (Å²) in [5.41, 5.74) is 1.56. The minimum Gasteiger partial charge on any atom is -0.331 e. The van der Waals surface area contributed by atoms with Gasteiger partial charge in [0.1, 0.15) is 0 Å². The minimum absolute atomic E-state index is 0.0172. The lowest BCUT2D eigenvalue weighted by atomic mass is 10.1. The van der Waals surface area contributed by atoms with Crippen LogP contribution in [0, 0.1) is 0 Å². The van der Waals surface area contributed by atoms with Crippen molar-refractivity contribution in [1.82, 2.24) is 5.32 Å². The van der Waals surface area contributed by atoms with E-state index in [9.17, 15) is 14.4 Å². The highest BCUT2D eigenvalue weighted by atomic mass is 35.5. The summed E-state index contributed by atoms with van der Waals surface area (Å²) in [5.74, 6) is -1.38. The molecule has 0 aliphatic carbocycles. The lowest BCUT2D eigenvalue weighted by Crippen LogP contribution is -2.34. The number of nitrogens with one attached hydrogen (secondary N) is 2. The van der Waals surface area contributed by atoms with Crippen molar-refractivity contribution in [3.05, 3.63) is 92.4 Å². The van der Waals surface area contributed by atoms with Gasteiger partial charge in [0, 0.05) is 5.02 Å². The molecule has 3 amide bonds. The first-order valence-electron chi connectivity index (χ1n) is 9.11. The number of amides is 3. The number of carbonyl (C=O) groups excluding carboxylic acids is 3. The monoisotopic (exact) mass is 503 g/mol. The van der Waals surface area contributed by atoms with E-state index in [0.717, 1.165) is 4.90 Å². The molecule has 3 aromatic carbocycles. The van der Waals surface area contributed by atoms with Gasteiger partial charge in [0.15, 0.2) is 5.11 Å². The fourth-order valence-corrected chi connectivity index (χ4v) is 4.08. The summed E-state index contributed by atoms with van der Waals surface area (Å²) >= 11 is 23.4. The normalized spacial score (nSPS) is 12.5. The van der Waals surface area contributed by atoms with Crippen LogP contribution < -0.4 is 15.5 Å². The second-order valence-electron chi connectivity index (χ2n) is 6.69. The quantitative estimate of drug-likeness (QED) is 0.360. The largest absolute Gasteiger partial charge is 0.331 e. The summed E-state index contributed by atoms with van der Waals surface area (Å²) in [5, 5.41) is 6.07. The van der Waals surface area contributed by atoms with Gasteiger partial charge in [-0.25, -0.2) is 4.90 Å². The van der Waals surface area contributed by atoms with E-state index >= 15 is 0 Å². The second kappa shape index (κ2) is 8.88. The summed E-state index contributed by atoms with van der Waals surface area (Å²) in [6.07, 6.45) is 0. The highest BCUT2D eigenvalue weighted by Gasteiger charge is 2.36. The van der Waals surface area contributed by atoms with Crippen molar-refractivity contribution in [2.75, 3.05) is 10.2 Å². The van der Waals surface area contributed by atoms with E-state index in [2.05, 4.69) is 10.6 Å². The number of nitrogens with zero attached hydrogens (tertiary/aromatic N) is 1. The molecule has 0 atom stereocenters. The summed E-state index contributed by atoms with van der Waals surface area (Å²) in [7, 11) is 0. The van der Waals surface area contributed by atoms with Gasteiger partial charge in [0.25, 0.3) is 17.7 Å². The number of imide groups is 1. The highest BCUT2D eigenvalue weighted by Crippen LogP contribution is 2.33. The third-order valence-electron chi connectivity index (χ3n) is 4.66. The van der Waals surface area contributed by atoms with Crippen molar-refractivity contribution in [3.8, 4) is 0 Å². The predicted octanol–water partition coefficient (Wildman–Crippen LogP) is 5.57. The first-order chi connectivity index (χ1) is 15.3.